The minimum absolute atomic E-state index is 0.368. The summed E-state index contributed by atoms with van der Waals surface area (Å²) < 4.78 is 11.1. The van der Waals surface area contributed by atoms with Gasteiger partial charge in [0.15, 0.2) is 11.5 Å². The first-order valence-corrected chi connectivity index (χ1v) is 7.02. The molecular formula is C16H24O2. The quantitative estimate of drug-likeness (QED) is 0.769. The van der Waals surface area contributed by atoms with Crippen LogP contribution in [-0.4, -0.2) is 6.79 Å². The van der Waals surface area contributed by atoms with Gasteiger partial charge in [0.2, 0.25) is 6.79 Å². The normalized spacial score (nSPS) is 14.9. The van der Waals surface area contributed by atoms with Crippen LogP contribution in [0, 0.1) is 19.8 Å². The van der Waals surface area contributed by atoms with Gasteiger partial charge in [0.05, 0.1) is 0 Å². The van der Waals surface area contributed by atoms with Crippen molar-refractivity contribution < 1.29 is 9.47 Å². The topological polar surface area (TPSA) is 18.5 Å². The fourth-order valence-electron chi connectivity index (χ4n) is 2.54. The maximum absolute atomic E-state index is 5.58. The predicted molar refractivity (Wildman–Crippen MR) is 74.4 cm³/mol. The summed E-state index contributed by atoms with van der Waals surface area (Å²) in [6, 6.07) is 2.26. The van der Waals surface area contributed by atoms with Gasteiger partial charge in [-0.1, -0.05) is 32.8 Å². The van der Waals surface area contributed by atoms with Crippen LogP contribution in [0.15, 0.2) is 6.07 Å². The molecule has 1 aliphatic heterocycles. The average Bonchev–Trinajstić information content (AvgIpc) is 2.84. The van der Waals surface area contributed by atoms with E-state index in [9.17, 15) is 0 Å². The zero-order chi connectivity index (χ0) is 13.1. The first-order valence-electron chi connectivity index (χ1n) is 7.02. The third-order valence-electron chi connectivity index (χ3n) is 4.02. The highest BCUT2D eigenvalue weighted by molar-refractivity contribution is 5.55. The maximum atomic E-state index is 5.58. The average molecular weight is 248 g/mol. The highest BCUT2D eigenvalue weighted by atomic mass is 16.7. The van der Waals surface area contributed by atoms with Gasteiger partial charge in [-0.3, -0.25) is 0 Å². The molecule has 2 nitrogen and oxygen atoms in total. The summed E-state index contributed by atoms with van der Waals surface area (Å²) in [6.07, 6.45) is 4.99. The molecule has 0 saturated carbocycles. The lowest BCUT2D eigenvalue weighted by atomic mass is 9.95. The van der Waals surface area contributed by atoms with Crippen LogP contribution in [0.1, 0.15) is 49.8 Å². The van der Waals surface area contributed by atoms with E-state index in [0.29, 0.717) is 6.79 Å². The molecule has 0 spiro atoms. The predicted octanol–water partition coefficient (Wildman–Crippen LogP) is 4.40. The van der Waals surface area contributed by atoms with Crippen LogP contribution in [0.25, 0.3) is 0 Å². The van der Waals surface area contributed by atoms with E-state index in [1.807, 2.05) is 0 Å². The van der Waals surface area contributed by atoms with Crippen molar-refractivity contribution in [3.63, 3.8) is 0 Å². The van der Waals surface area contributed by atoms with Gasteiger partial charge in [0, 0.05) is 0 Å². The Morgan fingerprint density at radius 1 is 1.22 bits per heavy atom. The van der Waals surface area contributed by atoms with Gasteiger partial charge in [-0.15, -0.1) is 0 Å². The van der Waals surface area contributed by atoms with Crippen molar-refractivity contribution >= 4 is 0 Å². The summed E-state index contributed by atoms with van der Waals surface area (Å²) >= 11 is 0. The Morgan fingerprint density at radius 2 is 1.94 bits per heavy atom. The van der Waals surface area contributed by atoms with Crippen molar-refractivity contribution in [1.29, 1.82) is 0 Å². The largest absolute Gasteiger partial charge is 0.453 e. The smallest absolute Gasteiger partial charge is 0.231 e. The Labute approximate surface area is 110 Å². The molecule has 2 rings (SSSR count). The monoisotopic (exact) mass is 248 g/mol. The second kappa shape index (κ2) is 5.64. The minimum Gasteiger partial charge on any atom is -0.453 e. The summed E-state index contributed by atoms with van der Waals surface area (Å²) in [5.74, 6) is 2.74. The van der Waals surface area contributed by atoms with E-state index in [2.05, 4.69) is 33.8 Å². The Kier molecular flexibility index (Phi) is 4.15. The van der Waals surface area contributed by atoms with Crippen molar-refractivity contribution in [2.24, 2.45) is 5.92 Å². The number of hydrogen-bond acceptors (Lipinski definition) is 2. The molecule has 100 valence electrons. The molecule has 0 saturated heterocycles. The highest BCUT2D eigenvalue weighted by Crippen LogP contribution is 2.40. The lowest BCUT2D eigenvalue weighted by molar-refractivity contribution is 0.173. The number of benzene rings is 1. The molecule has 1 aromatic carbocycles. The summed E-state index contributed by atoms with van der Waals surface area (Å²) in [4.78, 5) is 0. The van der Waals surface area contributed by atoms with Gasteiger partial charge in [-0.25, -0.2) is 0 Å². The Balaban J connectivity index is 2.07. The van der Waals surface area contributed by atoms with Crippen molar-refractivity contribution in [2.45, 2.75) is 53.4 Å². The van der Waals surface area contributed by atoms with Crippen molar-refractivity contribution in [3.8, 4) is 11.5 Å². The van der Waals surface area contributed by atoms with Gasteiger partial charge in [0.1, 0.15) is 0 Å². The first kappa shape index (κ1) is 13.3. The third kappa shape index (κ3) is 2.63. The Bertz CT molecular complexity index is 424. The van der Waals surface area contributed by atoms with Crippen LogP contribution in [0.4, 0.5) is 0 Å². The summed E-state index contributed by atoms with van der Waals surface area (Å²) in [6.45, 7) is 9.21. The zero-order valence-corrected chi connectivity index (χ0v) is 12.0. The molecule has 0 fully saturated rings. The van der Waals surface area contributed by atoms with Crippen molar-refractivity contribution in [3.05, 3.63) is 22.8 Å². The molecule has 0 N–H and O–H groups in total. The van der Waals surface area contributed by atoms with E-state index in [1.54, 1.807) is 0 Å². The molecule has 0 aromatic heterocycles. The van der Waals surface area contributed by atoms with Crippen LogP contribution in [0.5, 0.6) is 11.5 Å². The molecular weight excluding hydrogens is 224 g/mol. The number of rotatable bonds is 5. The molecule has 0 radical (unpaired) electrons. The van der Waals surface area contributed by atoms with Crippen LogP contribution >= 0.6 is 0 Å². The number of ether oxygens (including phenoxy) is 2. The number of aryl methyl sites for hydroxylation is 2. The Hall–Kier alpha value is -1.18. The fourth-order valence-corrected chi connectivity index (χ4v) is 2.54. The standard InChI is InChI=1S/C16H24O2/c1-5-11(2)7-6-8-14-9-12(3)15-16(13(14)4)18-10-17-15/h9,11H,5-8,10H2,1-4H3. The van der Waals surface area contributed by atoms with Crippen molar-refractivity contribution in [1.82, 2.24) is 0 Å². The van der Waals surface area contributed by atoms with Gasteiger partial charge < -0.3 is 9.47 Å². The van der Waals surface area contributed by atoms with Gasteiger partial charge in [0.25, 0.3) is 0 Å². The number of fused-ring (bicyclic) bond motifs is 1. The van der Waals surface area contributed by atoms with Crippen LogP contribution in [0.2, 0.25) is 0 Å². The van der Waals surface area contributed by atoms with E-state index in [-0.39, 0.29) is 0 Å². The molecule has 18 heavy (non-hydrogen) atoms. The molecule has 2 heteroatoms. The lowest BCUT2D eigenvalue weighted by Crippen LogP contribution is -1.97. The van der Waals surface area contributed by atoms with Gasteiger partial charge in [-0.2, -0.15) is 0 Å². The second-order valence-corrected chi connectivity index (χ2v) is 5.45. The van der Waals surface area contributed by atoms with E-state index >= 15 is 0 Å². The number of hydrogen-bond donors (Lipinski definition) is 0. The molecule has 1 aromatic rings. The van der Waals surface area contributed by atoms with Gasteiger partial charge >= 0.3 is 0 Å². The van der Waals surface area contributed by atoms with E-state index in [1.165, 1.54) is 36.0 Å². The van der Waals surface area contributed by atoms with E-state index in [4.69, 9.17) is 9.47 Å². The van der Waals surface area contributed by atoms with Crippen LogP contribution in [-0.2, 0) is 6.42 Å². The van der Waals surface area contributed by atoms with E-state index in [0.717, 1.165) is 23.8 Å². The molecule has 1 unspecified atom stereocenters. The van der Waals surface area contributed by atoms with Crippen molar-refractivity contribution in [2.75, 3.05) is 6.79 Å². The van der Waals surface area contributed by atoms with E-state index < -0.39 is 0 Å². The molecule has 1 aliphatic rings. The lowest BCUT2D eigenvalue weighted by Gasteiger charge is -2.12. The minimum atomic E-state index is 0.368. The van der Waals surface area contributed by atoms with Crippen LogP contribution in [0.3, 0.4) is 0 Å². The SMILES string of the molecule is CCC(C)CCCc1cc(C)c2c(c1C)OCO2. The molecule has 1 heterocycles. The second-order valence-electron chi connectivity index (χ2n) is 5.45. The molecule has 0 amide bonds. The molecule has 0 aliphatic carbocycles. The van der Waals surface area contributed by atoms with Crippen LogP contribution < -0.4 is 9.47 Å². The zero-order valence-electron chi connectivity index (χ0n) is 12.0. The molecule has 1 atom stereocenters. The summed E-state index contributed by atoms with van der Waals surface area (Å²) in [7, 11) is 0. The fraction of sp³-hybridized carbons (Fsp3) is 0.625. The Morgan fingerprint density at radius 3 is 2.67 bits per heavy atom. The summed E-state index contributed by atoms with van der Waals surface area (Å²) in [5.41, 5.74) is 3.88. The highest BCUT2D eigenvalue weighted by Gasteiger charge is 2.20. The first-order chi connectivity index (χ1) is 8.63. The third-order valence-corrected chi connectivity index (χ3v) is 4.02. The maximum Gasteiger partial charge on any atom is 0.231 e. The molecule has 0 bridgehead atoms. The summed E-state index contributed by atoms with van der Waals surface area (Å²) in [5, 5.41) is 0. The van der Waals surface area contributed by atoms with Gasteiger partial charge in [-0.05, 0) is 49.3 Å².